The normalized spacial score (nSPS) is 15.7. The molecule has 4 heterocycles. The van der Waals surface area contributed by atoms with E-state index in [1.807, 2.05) is 37.3 Å². The molecule has 1 fully saturated rings. The van der Waals surface area contributed by atoms with Crippen molar-refractivity contribution < 1.29 is 19.0 Å². The standard InChI is InChI=1S/C27H19N3O5S2/c1-16-5-8-18(9-6-16)35-24-19(25(31)29-11-3-2-4-23(29)28-24)13-22-26(32)30(27(36)37-22)14-17-7-10-20-21(12-17)34-15-33-20/h2-13H,14-15H2,1H3/b22-13-. The van der Waals surface area contributed by atoms with Crippen LogP contribution in [0.4, 0.5) is 0 Å². The molecule has 10 heteroatoms. The van der Waals surface area contributed by atoms with Gasteiger partial charge in [-0.3, -0.25) is 18.9 Å². The van der Waals surface area contributed by atoms with Crippen molar-refractivity contribution in [3.05, 3.63) is 98.8 Å². The van der Waals surface area contributed by atoms with E-state index in [0.717, 1.165) is 22.9 Å². The van der Waals surface area contributed by atoms with Crippen LogP contribution in [0.3, 0.4) is 0 Å². The van der Waals surface area contributed by atoms with Crippen molar-refractivity contribution in [3.63, 3.8) is 0 Å². The first kappa shape index (κ1) is 23.3. The molecule has 4 aromatic rings. The molecule has 0 unspecified atom stereocenters. The Balaban J connectivity index is 1.36. The molecule has 2 aliphatic heterocycles. The van der Waals surface area contributed by atoms with Crippen molar-refractivity contribution in [3.8, 4) is 23.1 Å². The highest BCUT2D eigenvalue weighted by Crippen LogP contribution is 2.37. The number of benzene rings is 2. The van der Waals surface area contributed by atoms with Crippen LogP contribution >= 0.6 is 24.0 Å². The zero-order valence-electron chi connectivity index (χ0n) is 19.5. The van der Waals surface area contributed by atoms with Gasteiger partial charge in [0.2, 0.25) is 12.7 Å². The molecule has 0 bridgehead atoms. The van der Waals surface area contributed by atoms with Crippen LogP contribution in [0.25, 0.3) is 11.7 Å². The number of ether oxygens (including phenoxy) is 3. The van der Waals surface area contributed by atoms with Crippen LogP contribution in [0.1, 0.15) is 16.7 Å². The Bertz CT molecular complexity index is 1660. The minimum absolute atomic E-state index is 0.112. The number of hydrogen-bond acceptors (Lipinski definition) is 8. The maximum Gasteiger partial charge on any atom is 0.269 e. The molecular formula is C27H19N3O5S2. The van der Waals surface area contributed by atoms with Gasteiger partial charge in [-0.05, 0) is 55.0 Å². The molecular weight excluding hydrogens is 510 g/mol. The third kappa shape index (κ3) is 4.45. The zero-order valence-corrected chi connectivity index (χ0v) is 21.2. The number of carbonyl (C=O) groups is 1. The molecule has 0 spiro atoms. The molecule has 0 aliphatic carbocycles. The Morgan fingerprint density at radius 3 is 2.73 bits per heavy atom. The molecule has 1 saturated heterocycles. The summed E-state index contributed by atoms with van der Waals surface area (Å²) in [5.74, 6) is 1.64. The molecule has 2 aromatic heterocycles. The lowest BCUT2D eigenvalue weighted by molar-refractivity contribution is -0.122. The Morgan fingerprint density at radius 2 is 1.89 bits per heavy atom. The first-order valence-corrected chi connectivity index (χ1v) is 12.6. The molecule has 37 heavy (non-hydrogen) atoms. The van der Waals surface area contributed by atoms with E-state index < -0.39 is 0 Å². The second-order valence-electron chi connectivity index (χ2n) is 8.44. The number of rotatable bonds is 5. The summed E-state index contributed by atoms with van der Waals surface area (Å²) >= 11 is 6.64. The highest BCUT2D eigenvalue weighted by atomic mass is 32.2. The Kier molecular flexibility index (Phi) is 5.90. The van der Waals surface area contributed by atoms with Crippen molar-refractivity contribution in [2.75, 3.05) is 6.79 Å². The SMILES string of the molecule is Cc1ccc(Oc2nc3ccccn3c(=O)c2/C=C2\SC(=S)N(Cc3ccc4c(c3)OCO4)C2=O)cc1. The van der Waals surface area contributed by atoms with Gasteiger partial charge in [0.05, 0.1) is 11.4 Å². The van der Waals surface area contributed by atoms with Gasteiger partial charge in [0.1, 0.15) is 21.3 Å². The second-order valence-corrected chi connectivity index (χ2v) is 10.1. The molecule has 0 saturated carbocycles. The summed E-state index contributed by atoms with van der Waals surface area (Å²) in [5, 5.41) is 0. The topological polar surface area (TPSA) is 82.4 Å². The lowest BCUT2D eigenvalue weighted by atomic mass is 10.2. The van der Waals surface area contributed by atoms with Crippen molar-refractivity contribution in [1.29, 1.82) is 0 Å². The van der Waals surface area contributed by atoms with Gasteiger partial charge in [0, 0.05) is 6.20 Å². The summed E-state index contributed by atoms with van der Waals surface area (Å²) in [6.45, 7) is 2.41. The maximum atomic E-state index is 13.5. The Morgan fingerprint density at radius 1 is 1.08 bits per heavy atom. The lowest BCUT2D eigenvalue weighted by Crippen LogP contribution is -2.27. The van der Waals surface area contributed by atoms with E-state index >= 15 is 0 Å². The number of nitrogens with zero attached hydrogens (tertiary/aromatic N) is 3. The fourth-order valence-electron chi connectivity index (χ4n) is 3.99. The van der Waals surface area contributed by atoms with Crippen molar-refractivity contribution >= 4 is 45.9 Å². The molecule has 2 aliphatic rings. The maximum absolute atomic E-state index is 13.5. The zero-order chi connectivity index (χ0) is 25.5. The molecule has 184 valence electrons. The number of thiocarbonyl (C=S) groups is 1. The first-order chi connectivity index (χ1) is 18.0. The number of amides is 1. The average Bonchev–Trinajstić information content (AvgIpc) is 3.47. The number of carbonyl (C=O) groups excluding carboxylic acids is 1. The number of hydrogen-bond donors (Lipinski definition) is 0. The van der Waals surface area contributed by atoms with Crippen LogP contribution in [-0.2, 0) is 11.3 Å². The number of aryl methyl sites for hydroxylation is 1. The summed E-state index contributed by atoms with van der Waals surface area (Å²) in [6.07, 6.45) is 3.14. The van der Waals surface area contributed by atoms with Crippen LogP contribution in [0, 0.1) is 6.92 Å². The number of thioether (sulfide) groups is 1. The van der Waals surface area contributed by atoms with Gasteiger partial charge in [0.15, 0.2) is 11.5 Å². The third-order valence-electron chi connectivity index (χ3n) is 5.90. The summed E-state index contributed by atoms with van der Waals surface area (Å²) in [5.41, 5.74) is 2.16. The Hall–Kier alpha value is -4.15. The number of fused-ring (bicyclic) bond motifs is 2. The van der Waals surface area contributed by atoms with E-state index in [2.05, 4.69) is 4.98 Å². The lowest BCUT2D eigenvalue weighted by Gasteiger charge is -2.14. The van der Waals surface area contributed by atoms with Crippen molar-refractivity contribution in [2.45, 2.75) is 13.5 Å². The van der Waals surface area contributed by atoms with Gasteiger partial charge in [0.25, 0.3) is 11.5 Å². The fraction of sp³-hybridized carbons (Fsp3) is 0.111. The minimum Gasteiger partial charge on any atom is -0.454 e. The van der Waals surface area contributed by atoms with Gasteiger partial charge in [-0.15, -0.1) is 0 Å². The van der Waals surface area contributed by atoms with Crippen molar-refractivity contribution in [2.24, 2.45) is 0 Å². The van der Waals surface area contributed by atoms with Crippen LogP contribution in [0.15, 0.2) is 76.6 Å². The van der Waals surface area contributed by atoms with Crippen LogP contribution in [0.5, 0.6) is 23.1 Å². The predicted octanol–water partition coefficient (Wildman–Crippen LogP) is 4.93. The van der Waals surface area contributed by atoms with E-state index in [0.29, 0.717) is 32.1 Å². The van der Waals surface area contributed by atoms with E-state index in [-0.39, 0.29) is 36.2 Å². The number of aromatic nitrogens is 2. The summed E-state index contributed by atoms with van der Waals surface area (Å²) in [7, 11) is 0. The largest absolute Gasteiger partial charge is 0.454 e. The van der Waals surface area contributed by atoms with Crippen LogP contribution < -0.4 is 19.8 Å². The summed E-state index contributed by atoms with van der Waals surface area (Å²) in [6, 6.07) is 18.2. The van der Waals surface area contributed by atoms with Crippen molar-refractivity contribution in [1.82, 2.24) is 14.3 Å². The molecule has 1 amide bonds. The highest BCUT2D eigenvalue weighted by Gasteiger charge is 2.33. The second kappa shape index (κ2) is 9.38. The Labute approximate surface area is 221 Å². The van der Waals surface area contributed by atoms with E-state index in [9.17, 15) is 9.59 Å². The summed E-state index contributed by atoms with van der Waals surface area (Å²) < 4.78 is 18.6. The van der Waals surface area contributed by atoms with Gasteiger partial charge in [-0.25, -0.2) is 0 Å². The van der Waals surface area contributed by atoms with E-state index in [1.54, 1.807) is 36.5 Å². The van der Waals surface area contributed by atoms with Gasteiger partial charge in [-0.1, -0.05) is 53.8 Å². The molecule has 6 rings (SSSR count). The van der Waals surface area contributed by atoms with Gasteiger partial charge < -0.3 is 14.2 Å². The van der Waals surface area contributed by atoms with Gasteiger partial charge >= 0.3 is 0 Å². The predicted molar refractivity (Wildman–Crippen MR) is 144 cm³/mol. The minimum atomic E-state index is -0.353. The average molecular weight is 530 g/mol. The molecule has 2 aromatic carbocycles. The molecule has 0 radical (unpaired) electrons. The first-order valence-electron chi connectivity index (χ1n) is 11.4. The quantitative estimate of drug-likeness (QED) is 0.266. The monoisotopic (exact) mass is 529 g/mol. The third-order valence-corrected chi connectivity index (χ3v) is 7.27. The van der Waals surface area contributed by atoms with Crippen LogP contribution in [-0.4, -0.2) is 31.3 Å². The molecule has 0 atom stereocenters. The van der Waals surface area contributed by atoms with E-state index in [4.69, 9.17) is 26.4 Å². The molecule has 8 nitrogen and oxygen atoms in total. The molecule has 0 N–H and O–H groups in total. The highest BCUT2D eigenvalue weighted by molar-refractivity contribution is 8.26. The smallest absolute Gasteiger partial charge is 0.269 e. The number of pyridine rings is 1. The van der Waals surface area contributed by atoms with Crippen LogP contribution in [0.2, 0.25) is 0 Å². The summed E-state index contributed by atoms with van der Waals surface area (Å²) in [4.78, 5) is 33.2. The van der Waals surface area contributed by atoms with Gasteiger partial charge in [-0.2, -0.15) is 4.98 Å². The van der Waals surface area contributed by atoms with E-state index in [1.165, 1.54) is 15.4 Å². The fourth-order valence-corrected chi connectivity index (χ4v) is 5.23.